The maximum atomic E-state index is 12.1. The molecule has 0 bridgehead atoms. The molecule has 3 aromatic rings. The molecule has 0 saturated heterocycles. The molecule has 7 heteroatoms. The second-order valence-electron chi connectivity index (χ2n) is 4.99. The Morgan fingerprint density at radius 2 is 1.83 bits per heavy atom. The minimum atomic E-state index is -0.273. The van der Waals surface area contributed by atoms with Crippen LogP contribution in [0.5, 0.6) is 0 Å². The average Bonchev–Trinajstić information content (AvgIpc) is 2.95. The number of nitrogens with one attached hydrogen (secondary N) is 1. The molecular formula is C17H11N5OS. The van der Waals surface area contributed by atoms with Crippen molar-refractivity contribution < 1.29 is 4.79 Å². The van der Waals surface area contributed by atoms with E-state index in [0.29, 0.717) is 16.0 Å². The van der Waals surface area contributed by atoms with Crippen molar-refractivity contribution in [1.82, 2.24) is 15.0 Å². The van der Waals surface area contributed by atoms with Crippen LogP contribution >= 0.6 is 11.8 Å². The van der Waals surface area contributed by atoms with Crippen molar-refractivity contribution in [2.45, 2.75) is 0 Å². The fraction of sp³-hybridized carbons (Fsp3) is 0. The topological polar surface area (TPSA) is 80.1 Å². The molecule has 0 saturated carbocycles. The number of fused-ring (bicyclic) bond motifs is 1. The highest BCUT2D eigenvalue weighted by atomic mass is 32.2. The van der Waals surface area contributed by atoms with Gasteiger partial charge in [0, 0.05) is 24.0 Å². The van der Waals surface area contributed by atoms with Crippen LogP contribution < -0.4 is 5.32 Å². The van der Waals surface area contributed by atoms with Crippen molar-refractivity contribution in [3.8, 4) is 0 Å². The van der Waals surface area contributed by atoms with Gasteiger partial charge >= 0.3 is 0 Å². The molecule has 0 spiro atoms. The lowest BCUT2D eigenvalue weighted by Gasteiger charge is -2.01. The van der Waals surface area contributed by atoms with Crippen LogP contribution in [0.15, 0.2) is 64.9 Å². The van der Waals surface area contributed by atoms with Crippen LogP contribution in [0, 0.1) is 0 Å². The summed E-state index contributed by atoms with van der Waals surface area (Å²) in [4.78, 5) is 29.0. The van der Waals surface area contributed by atoms with Crippen molar-refractivity contribution in [3.63, 3.8) is 0 Å². The molecule has 1 aliphatic rings. The highest BCUT2D eigenvalue weighted by Gasteiger charge is 2.22. The summed E-state index contributed by atoms with van der Waals surface area (Å²) < 4.78 is 0. The third-order valence-corrected chi connectivity index (χ3v) is 4.23. The van der Waals surface area contributed by atoms with E-state index in [1.54, 1.807) is 24.7 Å². The van der Waals surface area contributed by atoms with Gasteiger partial charge in [-0.1, -0.05) is 12.1 Å². The van der Waals surface area contributed by atoms with Crippen LogP contribution in [-0.4, -0.2) is 26.0 Å². The number of amides is 1. The largest absolute Gasteiger partial charge is 0.303 e. The number of rotatable bonds is 2. The van der Waals surface area contributed by atoms with E-state index >= 15 is 0 Å². The molecule has 24 heavy (non-hydrogen) atoms. The number of nitrogens with zero attached hydrogens (tertiary/aromatic N) is 4. The maximum Gasteiger partial charge on any atom is 0.286 e. The summed E-state index contributed by atoms with van der Waals surface area (Å²) in [6, 6.07) is 11.5. The van der Waals surface area contributed by atoms with E-state index in [0.717, 1.165) is 16.5 Å². The van der Waals surface area contributed by atoms with E-state index in [1.165, 1.54) is 11.8 Å². The normalized spacial score (nSPS) is 15.8. The van der Waals surface area contributed by atoms with Gasteiger partial charge < -0.3 is 5.32 Å². The Morgan fingerprint density at radius 3 is 2.71 bits per heavy atom. The van der Waals surface area contributed by atoms with Crippen molar-refractivity contribution in [2.24, 2.45) is 4.99 Å². The molecule has 0 atom stereocenters. The second-order valence-corrected chi connectivity index (χ2v) is 6.02. The zero-order chi connectivity index (χ0) is 16.4. The molecule has 6 nitrogen and oxygen atoms in total. The summed E-state index contributed by atoms with van der Waals surface area (Å²) >= 11 is 1.27. The smallest absolute Gasteiger partial charge is 0.286 e. The van der Waals surface area contributed by atoms with E-state index in [1.807, 2.05) is 36.4 Å². The highest BCUT2D eigenvalue weighted by Crippen LogP contribution is 2.29. The number of aliphatic imine (C=N–C) groups is 1. The molecule has 3 heterocycles. The Kier molecular flexibility index (Phi) is 3.76. The lowest BCUT2D eigenvalue weighted by Crippen LogP contribution is -2.07. The Balaban J connectivity index is 1.56. The fourth-order valence-corrected chi connectivity index (χ4v) is 3.06. The van der Waals surface area contributed by atoms with Crippen LogP contribution in [0.3, 0.4) is 0 Å². The van der Waals surface area contributed by atoms with Crippen molar-refractivity contribution >= 4 is 45.8 Å². The summed E-state index contributed by atoms with van der Waals surface area (Å²) in [6.45, 7) is 0. The summed E-state index contributed by atoms with van der Waals surface area (Å²) in [6.07, 6.45) is 6.83. The molecule has 1 aromatic carbocycles. The quantitative estimate of drug-likeness (QED) is 0.726. The van der Waals surface area contributed by atoms with Gasteiger partial charge in [0.1, 0.15) is 0 Å². The van der Waals surface area contributed by atoms with Gasteiger partial charge in [-0.2, -0.15) is 4.99 Å². The number of hydrogen-bond acceptors (Lipinski definition) is 6. The summed E-state index contributed by atoms with van der Waals surface area (Å²) in [5.41, 5.74) is 1.85. The molecule has 0 radical (unpaired) electrons. The molecule has 1 N–H and O–H groups in total. The molecule has 1 aliphatic heterocycles. The first-order valence-corrected chi connectivity index (χ1v) is 8.01. The van der Waals surface area contributed by atoms with Gasteiger partial charge in [0.25, 0.3) is 5.91 Å². The molecule has 0 unspecified atom stereocenters. The zero-order valence-corrected chi connectivity index (χ0v) is 13.2. The molecule has 116 valence electrons. The standard InChI is InChI=1S/C17H11N5OS/c23-15-14(24-17(21-15)22-16-19-7-2-8-20-16)10-11-4-5-13-12(9-11)3-1-6-18-13/h1-10H,(H,19,20,21,22,23). The molecule has 1 amide bonds. The van der Waals surface area contributed by atoms with Crippen molar-refractivity contribution in [2.75, 3.05) is 5.32 Å². The Labute approximate surface area is 141 Å². The number of anilines is 1. The molecular weight excluding hydrogens is 322 g/mol. The van der Waals surface area contributed by atoms with Gasteiger partial charge in [0.2, 0.25) is 5.95 Å². The molecule has 0 aliphatic carbocycles. The number of carbonyl (C=O) groups is 1. The van der Waals surface area contributed by atoms with Gasteiger partial charge in [-0.15, -0.1) is 0 Å². The summed E-state index contributed by atoms with van der Waals surface area (Å²) in [5, 5.41) is 4.43. The van der Waals surface area contributed by atoms with Crippen LogP contribution in [0.1, 0.15) is 5.56 Å². The Hall–Kier alpha value is -3.06. The van der Waals surface area contributed by atoms with Crippen LogP contribution in [-0.2, 0) is 4.79 Å². The number of aromatic nitrogens is 3. The lowest BCUT2D eigenvalue weighted by atomic mass is 10.1. The summed E-state index contributed by atoms with van der Waals surface area (Å²) in [5.74, 6) is 0.138. The summed E-state index contributed by atoms with van der Waals surface area (Å²) in [7, 11) is 0. The maximum absolute atomic E-state index is 12.1. The molecule has 4 rings (SSSR count). The van der Waals surface area contributed by atoms with E-state index in [4.69, 9.17) is 0 Å². The minimum Gasteiger partial charge on any atom is -0.303 e. The third-order valence-electron chi connectivity index (χ3n) is 3.33. The van der Waals surface area contributed by atoms with Crippen molar-refractivity contribution in [3.05, 3.63) is 65.5 Å². The predicted molar refractivity (Wildman–Crippen MR) is 95.4 cm³/mol. The predicted octanol–water partition coefficient (Wildman–Crippen LogP) is 3.11. The van der Waals surface area contributed by atoms with Gasteiger partial charge in [-0.3, -0.25) is 9.78 Å². The number of hydrogen-bond donors (Lipinski definition) is 1. The third kappa shape index (κ3) is 3.02. The monoisotopic (exact) mass is 333 g/mol. The van der Waals surface area contributed by atoms with Gasteiger partial charge in [0.15, 0.2) is 5.17 Å². The van der Waals surface area contributed by atoms with E-state index in [-0.39, 0.29) is 5.91 Å². The van der Waals surface area contributed by atoms with Gasteiger partial charge in [0.05, 0.1) is 10.4 Å². The van der Waals surface area contributed by atoms with Gasteiger partial charge in [-0.25, -0.2) is 9.97 Å². The van der Waals surface area contributed by atoms with E-state index < -0.39 is 0 Å². The van der Waals surface area contributed by atoms with E-state index in [2.05, 4.69) is 25.3 Å². The number of benzene rings is 1. The number of carbonyl (C=O) groups excluding carboxylic acids is 1. The first-order chi connectivity index (χ1) is 11.8. The van der Waals surface area contributed by atoms with Crippen LogP contribution in [0.2, 0.25) is 0 Å². The zero-order valence-electron chi connectivity index (χ0n) is 12.4. The van der Waals surface area contributed by atoms with Crippen LogP contribution in [0.25, 0.3) is 17.0 Å². The lowest BCUT2D eigenvalue weighted by molar-refractivity contribution is -0.113. The first-order valence-electron chi connectivity index (χ1n) is 7.19. The SMILES string of the molecule is O=C1N=C(Nc2ncccn2)SC1=Cc1ccc2ncccc2c1. The van der Waals surface area contributed by atoms with Gasteiger partial charge in [-0.05, 0) is 47.7 Å². The number of amidine groups is 1. The highest BCUT2D eigenvalue weighted by molar-refractivity contribution is 8.18. The van der Waals surface area contributed by atoms with E-state index in [9.17, 15) is 4.79 Å². The van der Waals surface area contributed by atoms with Crippen LogP contribution in [0.4, 0.5) is 5.95 Å². The Bertz CT molecular complexity index is 984. The second kappa shape index (κ2) is 6.21. The first kappa shape index (κ1) is 14.5. The molecule has 0 fully saturated rings. The number of pyridine rings is 1. The fourth-order valence-electron chi connectivity index (χ4n) is 2.26. The van der Waals surface area contributed by atoms with Crippen molar-refractivity contribution in [1.29, 1.82) is 0 Å². The average molecular weight is 333 g/mol. The minimum absolute atomic E-state index is 0.273. The number of thioether (sulfide) groups is 1. The molecule has 2 aromatic heterocycles. The Morgan fingerprint density at radius 1 is 1.00 bits per heavy atom.